The lowest BCUT2D eigenvalue weighted by molar-refractivity contribution is -0.0503. The summed E-state index contributed by atoms with van der Waals surface area (Å²) < 4.78 is 61.6. The van der Waals surface area contributed by atoms with Crippen molar-refractivity contribution in [3.8, 4) is 0 Å². The molecular formula is C12H20F3NO2S. The molecule has 1 aliphatic heterocycles. The first-order valence-corrected chi connectivity index (χ1v) is 7.91. The van der Waals surface area contributed by atoms with E-state index in [-0.39, 0.29) is 6.54 Å². The van der Waals surface area contributed by atoms with Gasteiger partial charge in [0.2, 0.25) is 0 Å². The van der Waals surface area contributed by atoms with E-state index in [4.69, 9.17) is 0 Å². The van der Waals surface area contributed by atoms with E-state index in [1.165, 1.54) is 0 Å². The van der Waals surface area contributed by atoms with Crippen molar-refractivity contribution in [2.45, 2.75) is 57.0 Å². The first-order valence-electron chi connectivity index (χ1n) is 6.47. The first-order chi connectivity index (χ1) is 8.71. The molecule has 1 rings (SSSR count). The van der Waals surface area contributed by atoms with Gasteiger partial charge in [-0.15, -0.1) is 0 Å². The topological polar surface area (TPSA) is 37.4 Å². The minimum absolute atomic E-state index is 0.0718. The zero-order valence-electron chi connectivity index (χ0n) is 11.0. The van der Waals surface area contributed by atoms with Crippen LogP contribution in [0, 0.1) is 0 Å². The van der Waals surface area contributed by atoms with Crippen molar-refractivity contribution < 1.29 is 21.6 Å². The smallest absolute Gasteiger partial charge is 0.203 e. The van der Waals surface area contributed by atoms with Gasteiger partial charge in [0.15, 0.2) is 0 Å². The van der Waals surface area contributed by atoms with Gasteiger partial charge in [-0.1, -0.05) is 31.9 Å². The van der Waals surface area contributed by atoms with Crippen LogP contribution in [0.1, 0.15) is 45.4 Å². The van der Waals surface area contributed by atoms with E-state index < -0.39 is 21.6 Å². The molecule has 1 fully saturated rings. The third kappa shape index (κ3) is 3.72. The molecule has 0 N–H and O–H groups in total. The summed E-state index contributed by atoms with van der Waals surface area (Å²) in [4.78, 5) is 0. The molecule has 0 spiro atoms. The van der Waals surface area contributed by atoms with Gasteiger partial charge in [-0.2, -0.15) is 17.5 Å². The summed E-state index contributed by atoms with van der Waals surface area (Å²) in [6, 6.07) is -0.702. The highest BCUT2D eigenvalue weighted by atomic mass is 32.2. The van der Waals surface area contributed by atoms with E-state index in [1.807, 2.05) is 6.92 Å². The van der Waals surface area contributed by atoms with Gasteiger partial charge >= 0.3 is 15.5 Å². The summed E-state index contributed by atoms with van der Waals surface area (Å²) in [7, 11) is -5.25. The van der Waals surface area contributed by atoms with Crippen LogP contribution in [0.25, 0.3) is 0 Å². The highest BCUT2D eigenvalue weighted by Crippen LogP contribution is 2.34. The normalized spacial score (nSPS) is 22.4. The van der Waals surface area contributed by atoms with Gasteiger partial charge in [-0.3, -0.25) is 0 Å². The third-order valence-corrected chi connectivity index (χ3v) is 5.02. The molecule has 0 aromatic carbocycles. The van der Waals surface area contributed by atoms with Crippen LogP contribution in [0.5, 0.6) is 0 Å². The van der Waals surface area contributed by atoms with E-state index in [9.17, 15) is 21.6 Å². The molecule has 112 valence electrons. The zero-order valence-corrected chi connectivity index (χ0v) is 11.9. The lowest BCUT2D eigenvalue weighted by atomic mass is 9.95. The molecule has 0 aliphatic carbocycles. The van der Waals surface area contributed by atoms with Gasteiger partial charge in [-0.05, 0) is 25.7 Å². The Morgan fingerprint density at radius 2 is 2.00 bits per heavy atom. The number of alkyl halides is 3. The monoisotopic (exact) mass is 299 g/mol. The van der Waals surface area contributed by atoms with Crippen LogP contribution < -0.4 is 0 Å². The number of hydrogen-bond acceptors (Lipinski definition) is 2. The SMILES string of the molecule is C=C(CCCC)C1CCCCN1S(=O)(=O)C(F)(F)F. The summed E-state index contributed by atoms with van der Waals surface area (Å²) in [6.45, 7) is 5.69. The second kappa shape index (κ2) is 6.26. The Morgan fingerprint density at radius 1 is 1.37 bits per heavy atom. The lowest BCUT2D eigenvalue weighted by Crippen LogP contribution is -2.49. The van der Waals surface area contributed by atoms with Crippen LogP contribution in [-0.4, -0.2) is 30.8 Å². The molecule has 1 heterocycles. The molecular weight excluding hydrogens is 279 g/mol. The Labute approximate surface area is 112 Å². The maximum absolute atomic E-state index is 12.6. The minimum Gasteiger partial charge on any atom is -0.203 e. The predicted molar refractivity (Wildman–Crippen MR) is 68.0 cm³/mol. The van der Waals surface area contributed by atoms with Gasteiger partial charge in [-0.25, -0.2) is 8.42 Å². The van der Waals surface area contributed by atoms with Crippen LogP contribution in [0.3, 0.4) is 0 Å². The fourth-order valence-electron chi connectivity index (χ4n) is 2.30. The average Bonchev–Trinajstić information content (AvgIpc) is 2.34. The van der Waals surface area contributed by atoms with E-state index in [0.29, 0.717) is 29.1 Å². The van der Waals surface area contributed by atoms with Crippen LogP contribution in [0.15, 0.2) is 12.2 Å². The van der Waals surface area contributed by atoms with Gasteiger partial charge < -0.3 is 0 Å². The molecule has 0 aromatic heterocycles. The molecule has 3 nitrogen and oxygen atoms in total. The number of piperidine rings is 1. The summed E-state index contributed by atoms with van der Waals surface area (Å²) in [5.41, 5.74) is -4.64. The average molecular weight is 299 g/mol. The van der Waals surface area contributed by atoms with Crippen molar-refractivity contribution >= 4 is 10.0 Å². The summed E-state index contributed by atoms with van der Waals surface area (Å²) in [5, 5.41) is 0. The molecule has 7 heteroatoms. The Balaban J connectivity index is 2.93. The number of sulfonamides is 1. The van der Waals surface area contributed by atoms with Gasteiger partial charge in [0, 0.05) is 12.6 Å². The Morgan fingerprint density at radius 3 is 2.53 bits per heavy atom. The maximum atomic E-state index is 12.6. The first kappa shape index (κ1) is 16.5. The van der Waals surface area contributed by atoms with Crippen molar-refractivity contribution in [3.05, 3.63) is 12.2 Å². The van der Waals surface area contributed by atoms with Crippen LogP contribution in [-0.2, 0) is 10.0 Å². The van der Waals surface area contributed by atoms with E-state index in [0.717, 1.165) is 19.3 Å². The third-order valence-electron chi connectivity index (χ3n) is 3.38. The van der Waals surface area contributed by atoms with E-state index >= 15 is 0 Å². The van der Waals surface area contributed by atoms with Crippen molar-refractivity contribution in [1.82, 2.24) is 4.31 Å². The van der Waals surface area contributed by atoms with Crippen molar-refractivity contribution in [2.24, 2.45) is 0 Å². The van der Waals surface area contributed by atoms with Crippen LogP contribution >= 0.6 is 0 Å². The second-order valence-electron chi connectivity index (χ2n) is 4.83. The van der Waals surface area contributed by atoms with Crippen molar-refractivity contribution in [2.75, 3.05) is 6.54 Å². The number of nitrogens with zero attached hydrogens (tertiary/aromatic N) is 1. The molecule has 1 atom stereocenters. The highest BCUT2D eigenvalue weighted by molar-refractivity contribution is 7.90. The zero-order chi connectivity index (χ0) is 14.7. The molecule has 1 saturated heterocycles. The maximum Gasteiger partial charge on any atom is 0.511 e. The summed E-state index contributed by atoms with van der Waals surface area (Å²) in [6.07, 6.45) is 3.92. The lowest BCUT2D eigenvalue weighted by Gasteiger charge is -2.36. The Hall–Kier alpha value is -0.560. The Bertz CT molecular complexity index is 417. The highest BCUT2D eigenvalue weighted by Gasteiger charge is 2.52. The molecule has 1 unspecified atom stereocenters. The minimum atomic E-state index is -5.25. The number of hydrogen-bond donors (Lipinski definition) is 0. The summed E-state index contributed by atoms with van der Waals surface area (Å²) >= 11 is 0. The number of halogens is 3. The fraction of sp³-hybridized carbons (Fsp3) is 0.833. The number of rotatable bonds is 5. The predicted octanol–water partition coefficient (Wildman–Crippen LogP) is 3.44. The quantitative estimate of drug-likeness (QED) is 0.729. The molecule has 0 bridgehead atoms. The molecule has 0 amide bonds. The van der Waals surface area contributed by atoms with E-state index in [1.54, 1.807) is 0 Å². The van der Waals surface area contributed by atoms with Gasteiger partial charge in [0.05, 0.1) is 0 Å². The molecule has 0 radical (unpaired) electrons. The molecule has 1 aliphatic rings. The fourth-order valence-corrected chi connectivity index (χ4v) is 3.53. The summed E-state index contributed by atoms with van der Waals surface area (Å²) in [5.74, 6) is 0. The second-order valence-corrected chi connectivity index (χ2v) is 6.72. The molecule has 0 aromatic rings. The van der Waals surface area contributed by atoms with Crippen LogP contribution in [0.2, 0.25) is 0 Å². The van der Waals surface area contributed by atoms with Crippen molar-refractivity contribution in [3.63, 3.8) is 0 Å². The Kier molecular flexibility index (Phi) is 5.43. The van der Waals surface area contributed by atoms with E-state index in [2.05, 4.69) is 6.58 Å². The van der Waals surface area contributed by atoms with Gasteiger partial charge in [0.1, 0.15) is 0 Å². The van der Waals surface area contributed by atoms with Gasteiger partial charge in [0.25, 0.3) is 0 Å². The molecule has 0 saturated carbocycles. The van der Waals surface area contributed by atoms with Crippen molar-refractivity contribution in [1.29, 1.82) is 0 Å². The largest absolute Gasteiger partial charge is 0.511 e. The molecule has 19 heavy (non-hydrogen) atoms. The number of unbranched alkanes of at least 4 members (excludes halogenated alkanes) is 1. The standard InChI is InChI=1S/C12H20F3NO2S/c1-3-4-7-10(2)11-8-5-6-9-16(11)19(17,18)12(13,14)15/h11H,2-9H2,1H3. The van der Waals surface area contributed by atoms with Crippen LogP contribution in [0.4, 0.5) is 13.2 Å².